The molecule has 2 heterocycles. The van der Waals surface area contributed by atoms with E-state index in [1.165, 1.54) is 6.20 Å². The molecule has 0 atom stereocenters. The third-order valence-corrected chi connectivity index (χ3v) is 3.41. The van der Waals surface area contributed by atoms with Crippen LogP contribution in [0.5, 0.6) is 0 Å². The predicted molar refractivity (Wildman–Crippen MR) is 74.1 cm³/mol. The Bertz CT molecular complexity index is 775. The Hall–Kier alpha value is -2.63. The molecular formula is C14H13N3O3. The van der Waals surface area contributed by atoms with Crippen molar-refractivity contribution >= 4 is 11.6 Å². The molecule has 102 valence electrons. The van der Waals surface area contributed by atoms with Crippen LogP contribution in [0, 0.1) is 0 Å². The number of nitrogens with zero attached hydrogens (tertiary/aromatic N) is 1. The number of anilines is 1. The van der Waals surface area contributed by atoms with Gasteiger partial charge in [-0.1, -0.05) is 18.2 Å². The first kappa shape index (κ1) is 12.4. The molecule has 3 rings (SSSR count). The lowest BCUT2D eigenvalue weighted by Gasteiger charge is -2.29. The van der Waals surface area contributed by atoms with Gasteiger partial charge in [-0.2, -0.15) is 0 Å². The lowest BCUT2D eigenvalue weighted by molar-refractivity contribution is 0.0983. The lowest BCUT2D eigenvalue weighted by atomic mass is 10.0. The van der Waals surface area contributed by atoms with Gasteiger partial charge >= 0.3 is 5.69 Å². The fraction of sp³-hybridized carbons (Fsp3) is 0.214. The zero-order valence-corrected chi connectivity index (χ0v) is 10.7. The molecule has 6 heteroatoms. The average Bonchev–Trinajstić information content (AvgIpc) is 2.46. The zero-order valence-electron chi connectivity index (χ0n) is 10.7. The number of amides is 1. The number of rotatable bonds is 1. The molecule has 2 aromatic rings. The number of nitrogens with one attached hydrogen (secondary N) is 2. The highest BCUT2D eigenvalue weighted by Gasteiger charge is 2.25. The van der Waals surface area contributed by atoms with Crippen molar-refractivity contribution in [1.82, 2.24) is 9.97 Å². The van der Waals surface area contributed by atoms with Crippen molar-refractivity contribution in [2.75, 3.05) is 11.4 Å². The third-order valence-electron chi connectivity index (χ3n) is 3.41. The number of benzene rings is 1. The first-order valence-electron chi connectivity index (χ1n) is 6.38. The summed E-state index contributed by atoms with van der Waals surface area (Å²) in [6.07, 6.45) is 2.94. The van der Waals surface area contributed by atoms with Crippen LogP contribution in [0.1, 0.15) is 22.3 Å². The number of aryl methyl sites for hydroxylation is 1. The number of H-pyrrole nitrogens is 2. The van der Waals surface area contributed by atoms with E-state index in [2.05, 4.69) is 9.97 Å². The van der Waals surface area contributed by atoms with Gasteiger partial charge in [0.15, 0.2) is 0 Å². The molecule has 20 heavy (non-hydrogen) atoms. The minimum absolute atomic E-state index is 0.0543. The summed E-state index contributed by atoms with van der Waals surface area (Å²) in [4.78, 5) is 41.2. The van der Waals surface area contributed by atoms with E-state index in [1.807, 2.05) is 24.3 Å². The minimum Gasteiger partial charge on any atom is -0.313 e. The van der Waals surface area contributed by atoms with Crippen LogP contribution in [0.2, 0.25) is 0 Å². The van der Waals surface area contributed by atoms with Crippen LogP contribution in [0.15, 0.2) is 40.1 Å². The Kier molecular flexibility index (Phi) is 2.98. The molecule has 1 aliphatic rings. The Labute approximate surface area is 114 Å². The quantitative estimate of drug-likeness (QED) is 0.798. The van der Waals surface area contributed by atoms with Crippen LogP contribution < -0.4 is 16.1 Å². The largest absolute Gasteiger partial charge is 0.325 e. The van der Waals surface area contributed by atoms with Crippen molar-refractivity contribution in [1.29, 1.82) is 0 Å². The smallest absolute Gasteiger partial charge is 0.313 e. The first-order valence-corrected chi connectivity index (χ1v) is 6.38. The van der Waals surface area contributed by atoms with Gasteiger partial charge in [0.1, 0.15) is 5.56 Å². The fourth-order valence-corrected chi connectivity index (χ4v) is 2.46. The molecule has 1 aliphatic heterocycles. The molecule has 0 bridgehead atoms. The number of carbonyl (C=O) groups excluding carboxylic acids is 1. The molecule has 0 fully saturated rings. The SMILES string of the molecule is O=C(c1c[nH]c(=O)[nH]c1=O)N1CCCc2ccccc21. The number of fused-ring (bicyclic) bond motifs is 1. The molecule has 6 nitrogen and oxygen atoms in total. The second-order valence-corrected chi connectivity index (χ2v) is 4.67. The molecular weight excluding hydrogens is 258 g/mol. The Balaban J connectivity index is 2.04. The number of hydrogen-bond donors (Lipinski definition) is 2. The Morgan fingerprint density at radius 1 is 1.20 bits per heavy atom. The summed E-state index contributed by atoms with van der Waals surface area (Å²) in [5.74, 6) is -0.394. The molecule has 0 spiro atoms. The number of aromatic nitrogens is 2. The number of para-hydroxylation sites is 1. The van der Waals surface area contributed by atoms with E-state index < -0.39 is 17.2 Å². The highest BCUT2D eigenvalue weighted by molar-refractivity contribution is 6.06. The topological polar surface area (TPSA) is 86.0 Å². The summed E-state index contributed by atoms with van der Waals surface area (Å²) >= 11 is 0. The van der Waals surface area contributed by atoms with Crippen molar-refractivity contribution in [3.63, 3.8) is 0 Å². The lowest BCUT2D eigenvalue weighted by Crippen LogP contribution is -2.39. The maximum Gasteiger partial charge on any atom is 0.325 e. The molecule has 1 aromatic heterocycles. The van der Waals surface area contributed by atoms with Gasteiger partial charge in [0.25, 0.3) is 11.5 Å². The van der Waals surface area contributed by atoms with Gasteiger partial charge in [-0.05, 0) is 24.5 Å². The second-order valence-electron chi connectivity index (χ2n) is 4.67. The van der Waals surface area contributed by atoms with Gasteiger partial charge in [0.05, 0.1) is 0 Å². The van der Waals surface area contributed by atoms with E-state index >= 15 is 0 Å². The van der Waals surface area contributed by atoms with Crippen LogP contribution in [0.25, 0.3) is 0 Å². The van der Waals surface area contributed by atoms with Crippen molar-refractivity contribution in [2.45, 2.75) is 12.8 Å². The Morgan fingerprint density at radius 3 is 2.80 bits per heavy atom. The van der Waals surface area contributed by atoms with Crippen LogP contribution in [0.4, 0.5) is 5.69 Å². The standard InChI is InChI=1S/C14H13N3O3/c18-12-10(8-15-14(20)16-12)13(19)17-7-3-5-9-4-1-2-6-11(9)17/h1-2,4,6,8H,3,5,7H2,(H2,15,16,18,20). The molecule has 0 radical (unpaired) electrons. The third kappa shape index (κ3) is 2.05. The summed E-state index contributed by atoms with van der Waals surface area (Å²) in [6, 6.07) is 7.64. The summed E-state index contributed by atoms with van der Waals surface area (Å²) < 4.78 is 0. The highest BCUT2D eigenvalue weighted by atomic mass is 16.2. The first-order chi connectivity index (χ1) is 9.66. The van der Waals surface area contributed by atoms with E-state index in [0.717, 1.165) is 24.1 Å². The van der Waals surface area contributed by atoms with Crippen LogP contribution >= 0.6 is 0 Å². The van der Waals surface area contributed by atoms with E-state index in [1.54, 1.807) is 4.90 Å². The van der Waals surface area contributed by atoms with Gasteiger partial charge in [-0.3, -0.25) is 14.6 Å². The van der Waals surface area contributed by atoms with Gasteiger partial charge in [-0.25, -0.2) is 4.79 Å². The fourth-order valence-electron chi connectivity index (χ4n) is 2.46. The predicted octanol–water partition coefficient (Wildman–Crippen LogP) is 0.656. The van der Waals surface area contributed by atoms with Crippen LogP contribution in [-0.2, 0) is 6.42 Å². The monoisotopic (exact) mass is 271 g/mol. The van der Waals surface area contributed by atoms with E-state index in [4.69, 9.17) is 0 Å². The van der Waals surface area contributed by atoms with Gasteiger partial charge < -0.3 is 9.88 Å². The maximum atomic E-state index is 12.5. The van der Waals surface area contributed by atoms with Gasteiger partial charge in [0.2, 0.25) is 0 Å². The molecule has 0 saturated heterocycles. The molecule has 0 unspecified atom stereocenters. The normalized spacial score (nSPS) is 13.9. The van der Waals surface area contributed by atoms with Crippen LogP contribution in [-0.4, -0.2) is 22.4 Å². The van der Waals surface area contributed by atoms with E-state index in [-0.39, 0.29) is 5.56 Å². The average molecular weight is 271 g/mol. The van der Waals surface area contributed by atoms with Crippen LogP contribution in [0.3, 0.4) is 0 Å². The van der Waals surface area contributed by atoms with Crippen molar-refractivity contribution in [3.05, 3.63) is 62.4 Å². The van der Waals surface area contributed by atoms with E-state index in [0.29, 0.717) is 6.54 Å². The van der Waals surface area contributed by atoms with Crippen molar-refractivity contribution in [3.8, 4) is 0 Å². The molecule has 0 aliphatic carbocycles. The second kappa shape index (κ2) is 4.80. The summed E-state index contributed by atoms with van der Waals surface area (Å²) in [5.41, 5.74) is 0.580. The molecule has 1 aromatic carbocycles. The summed E-state index contributed by atoms with van der Waals surface area (Å²) in [6.45, 7) is 0.564. The molecule has 1 amide bonds. The maximum absolute atomic E-state index is 12.5. The molecule has 0 saturated carbocycles. The number of hydrogen-bond acceptors (Lipinski definition) is 3. The number of carbonyl (C=O) groups is 1. The summed E-state index contributed by atoms with van der Waals surface area (Å²) in [5, 5.41) is 0. The highest BCUT2D eigenvalue weighted by Crippen LogP contribution is 2.27. The van der Waals surface area contributed by atoms with Crippen molar-refractivity contribution in [2.24, 2.45) is 0 Å². The van der Waals surface area contributed by atoms with E-state index in [9.17, 15) is 14.4 Å². The zero-order chi connectivity index (χ0) is 14.1. The Morgan fingerprint density at radius 2 is 2.00 bits per heavy atom. The van der Waals surface area contributed by atoms with Gasteiger partial charge in [-0.15, -0.1) is 0 Å². The number of aromatic amines is 2. The molecule has 2 N–H and O–H groups in total. The minimum atomic E-state index is -0.665. The van der Waals surface area contributed by atoms with Gasteiger partial charge in [0, 0.05) is 18.4 Å². The summed E-state index contributed by atoms with van der Waals surface area (Å²) in [7, 11) is 0. The van der Waals surface area contributed by atoms with Crippen molar-refractivity contribution < 1.29 is 4.79 Å².